The summed E-state index contributed by atoms with van der Waals surface area (Å²) < 4.78 is 6.07. The van der Waals surface area contributed by atoms with Crippen molar-refractivity contribution in [3.05, 3.63) is 51.2 Å². The van der Waals surface area contributed by atoms with Crippen LogP contribution in [0.4, 0.5) is 0 Å². The first-order valence-corrected chi connectivity index (χ1v) is 8.04. The minimum absolute atomic E-state index is 0.315. The first kappa shape index (κ1) is 15.4. The van der Waals surface area contributed by atoms with Gasteiger partial charge in [-0.1, -0.05) is 30.7 Å². The van der Waals surface area contributed by atoms with E-state index in [1.165, 1.54) is 10.4 Å². The van der Waals surface area contributed by atoms with Gasteiger partial charge in [-0.2, -0.15) is 0 Å². The molecule has 108 valence electrons. The lowest BCUT2D eigenvalue weighted by molar-refractivity contribution is 0.414. The van der Waals surface area contributed by atoms with E-state index in [-0.39, 0.29) is 0 Å². The lowest BCUT2D eigenvalue weighted by Gasteiger charge is -2.18. The van der Waals surface area contributed by atoms with E-state index in [4.69, 9.17) is 16.3 Å². The maximum Gasteiger partial charge on any atom is 0.118 e. The lowest BCUT2D eigenvalue weighted by Crippen LogP contribution is -2.23. The van der Waals surface area contributed by atoms with Gasteiger partial charge in [0.15, 0.2) is 0 Å². The van der Waals surface area contributed by atoms with Crippen LogP contribution < -0.4 is 10.1 Å². The first-order valence-electron chi connectivity index (χ1n) is 6.84. The minimum atomic E-state index is 0.315. The van der Waals surface area contributed by atoms with Gasteiger partial charge in [0.2, 0.25) is 0 Å². The van der Waals surface area contributed by atoms with Gasteiger partial charge in [0.25, 0.3) is 0 Å². The fourth-order valence-electron chi connectivity index (χ4n) is 2.13. The fourth-order valence-corrected chi connectivity index (χ4v) is 3.26. The van der Waals surface area contributed by atoms with Crippen molar-refractivity contribution < 1.29 is 4.74 Å². The Balaban J connectivity index is 2.12. The highest BCUT2D eigenvalue weighted by Crippen LogP contribution is 2.27. The third kappa shape index (κ3) is 4.23. The number of nitrogens with one attached hydrogen (secondary N) is 1. The third-order valence-corrected chi connectivity index (χ3v) is 4.45. The van der Waals surface area contributed by atoms with Crippen molar-refractivity contribution in [3.63, 3.8) is 0 Å². The van der Waals surface area contributed by atoms with Gasteiger partial charge in [0, 0.05) is 17.3 Å². The number of hydrogen-bond donors (Lipinski definition) is 1. The molecule has 1 aromatic heterocycles. The van der Waals surface area contributed by atoms with Crippen molar-refractivity contribution in [1.82, 2.24) is 5.32 Å². The van der Waals surface area contributed by atoms with Crippen LogP contribution in [0.2, 0.25) is 4.34 Å². The molecule has 0 fully saturated rings. The molecule has 0 saturated heterocycles. The molecule has 0 bridgehead atoms. The molecule has 1 N–H and O–H groups in total. The van der Waals surface area contributed by atoms with Crippen LogP contribution in [0, 0.1) is 0 Å². The van der Waals surface area contributed by atoms with Gasteiger partial charge >= 0.3 is 0 Å². The molecule has 0 radical (unpaired) electrons. The van der Waals surface area contributed by atoms with E-state index in [1.807, 2.05) is 18.2 Å². The highest BCUT2D eigenvalue weighted by atomic mass is 35.5. The molecule has 1 aromatic carbocycles. The summed E-state index contributed by atoms with van der Waals surface area (Å²) in [6.07, 6.45) is 2.08. The Morgan fingerprint density at radius 1 is 1.20 bits per heavy atom. The fraction of sp³-hybridized carbons (Fsp3) is 0.375. The van der Waals surface area contributed by atoms with Gasteiger partial charge in [-0.15, -0.1) is 11.3 Å². The minimum Gasteiger partial charge on any atom is -0.497 e. The van der Waals surface area contributed by atoms with Crippen LogP contribution in [0.25, 0.3) is 0 Å². The summed E-state index contributed by atoms with van der Waals surface area (Å²) >= 11 is 7.67. The van der Waals surface area contributed by atoms with Gasteiger partial charge in [-0.05, 0) is 42.8 Å². The number of benzene rings is 1. The Morgan fingerprint density at radius 2 is 1.95 bits per heavy atom. The topological polar surface area (TPSA) is 21.3 Å². The van der Waals surface area contributed by atoms with Crippen LogP contribution in [0.3, 0.4) is 0 Å². The summed E-state index contributed by atoms with van der Waals surface area (Å²) in [5.74, 6) is 0.891. The molecule has 4 heteroatoms. The Bertz CT molecular complexity index is 524. The number of thiophene rings is 1. The van der Waals surface area contributed by atoms with E-state index in [0.717, 1.165) is 29.5 Å². The molecule has 2 nitrogen and oxygen atoms in total. The molecule has 0 spiro atoms. The first-order chi connectivity index (χ1) is 9.72. The van der Waals surface area contributed by atoms with Crippen LogP contribution in [0.1, 0.15) is 29.8 Å². The molecule has 0 aliphatic rings. The van der Waals surface area contributed by atoms with Gasteiger partial charge in [-0.25, -0.2) is 0 Å². The molecule has 1 unspecified atom stereocenters. The molecule has 1 heterocycles. The van der Waals surface area contributed by atoms with Gasteiger partial charge < -0.3 is 10.1 Å². The van der Waals surface area contributed by atoms with Gasteiger partial charge in [0.1, 0.15) is 5.75 Å². The summed E-state index contributed by atoms with van der Waals surface area (Å²) in [6, 6.07) is 12.7. The maximum absolute atomic E-state index is 6.02. The molecule has 0 saturated carbocycles. The largest absolute Gasteiger partial charge is 0.497 e. The Morgan fingerprint density at radius 3 is 2.50 bits per heavy atom. The molecule has 0 amide bonds. The monoisotopic (exact) mass is 309 g/mol. The van der Waals surface area contributed by atoms with Crippen molar-refractivity contribution in [3.8, 4) is 5.75 Å². The lowest BCUT2D eigenvalue weighted by atomic mass is 10.0. The van der Waals surface area contributed by atoms with E-state index < -0.39 is 0 Å². The zero-order chi connectivity index (χ0) is 14.4. The summed E-state index contributed by atoms with van der Waals surface area (Å²) in [5, 5.41) is 3.60. The van der Waals surface area contributed by atoms with Crippen molar-refractivity contribution >= 4 is 22.9 Å². The summed E-state index contributed by atoms with van der Waals surface area (Å²) in [5.41, 5.74) is 1.28. The van der Waals surface area contributed by atoms with Gasteiger partial charge in [0.05, 0.1) is 11.4 Å². The number of ether oxygens (including phenoxy) is 1. The van der Waals surface area contributed by atoms with Gasteiger partial charge in [-0.3, -0.25) is 0 Å². The molecular weight excluding hydrogens is 290 g/mol. The maximum atomic E-state index is 6.02. The summed E-state index contributed by atoms with van der Waals surface area (Å²) in [4.78, 5) is 1.31. The number of methoxy groups -OCH3 is 1. The molecule has 20 heavy (non-hydrogen) atoms. The highest BCUT2D eigenvalue weighted by molar-refractivity contribution is 7.16. The van der Waals surface area contributed by atoms with E-state index in [0.29, 0.717) is 6.04 Å². The average molecular weight is 310 g/mol. The van der Waals surface area contributed by atoms with Crippen LogP contribution in [-0.4, -0.2) is 13.7 Å². The van der Waals surface area contributed by atoms with Crippen LogP contribution in [-0.2, 0) is 6.42 Å². The SMILES string of the molecule is CCCNC(Cc1ccc(Cl)s1)c1ccc(OC)cc1. The summed E-state index contributed by atoms with van der Waals surface area (Å²) in [7, 11) is 1.69. The van der Waals surface area contributed by atoms with E-state index >= 15 is 0 Å². The smallest absolute Gasteiger partial charge is 0.118 e. The number of hydrogen-bond acceptors (Lipinski definition) is 3. The van der Waals surface area contributed by atoms with E-state index in [2.05, 4.69) is 30.4 Å². The van der Waals surface area contributed by atoms with E-state index in [1.54, 1.807) is 18.4 Å². The molecule has 0 aliphatic carbocycles. The number of halogens is 1. The average Bonchev–Trinajstić information content (AvgIpc) is 2.89. The van der Waals surface area contributed by atoms with Crippen molar-refractivity contribution in [1.29, 1.82) is 0 Å². The number of rotatable bonds is 7. The molecule has 2 rings (SSSR count). The molecular formula is C16H20ClNOS. The van der Waals surface area contributed by atoms with E-state index in [9.17, 15) is 0 Å². The second-order valence-corrected chi connectivity index (χ2v) is 6.49. The summed E-state index contributed by atoms with van der Waals surface area (Å²) in [6.45, 7) is 3.19. The molecule has 2 aromatic rings. The Labute approximate surface area is 129 Å². The van der Waals surface area contributed by atoms with Crippen LogP contribution >= 0.6 is 22.9 Å². The predicted molar refractivity (Wildman–Crippen MR) is 87.1 cm³/mol. The molecule has 0 aliphatic heterocycles. The van der Waals surface area contributed by atoms with Crippen molar-refractivity contribution in [2.75, 3.05) is 13.7 Å². The Hall–Kier alpha value is -1.03. The standard InChI is InChI=1S/C16H20ClNOS/c1-3-10-18-15(11-14-8-9-16(17)20-14)12-4-6-13(19-2)7-5-12/h4-9,15,18H,3,10-11H2,1-2H3. The van der Waals surface area contributed by atoms with Crippen LogP contribution in [0.5, 0.6) is 5.75 Å². The zero-order valence-electron chi connectivity index (χ0n) is 11.9. The predicted octanol–water partition coefficient (Wildman–Crippen LogP) is 4.69. The quantitative estimate of drug-likeness (QED) is 0.801. The van der Waals surface area contributed by atoms with Crippen molar-refractivity contribution in [2.45, 2.75) is 25.8 Å². The van der Waals surface area contributed by atoms with Crippen molar-refractivity contribution in [2.24, 2.45) is 0 Å². The molecule has 1 atom stereocenters. The normalized spacial score (nSPS) is 12.3. The Kier molecular flexibility index (Phi) is 5.89. The zero-order valence-corrected chi connectivity index (χ0v) is 13.4. The second kappa shape index (κ2) is 7.67. The van der Waals surface area contributed by atoms with Crippen LogP contribution in [0.15, 0.2) is 36.4 Å². The second-order valence-electron chi connectivity index (χ2n) is 4.69. The highest BCUT2D eigenvalue weighted by Gasteiger charge is 2.13. The third-order valence-electron chi connectivity index (χ3n) is 3.19.